The van der Waals surface area contributed by atoms with Gasteiger partial charge in [-0.25, -0.2) is 4.98 Å². The van der Waals surface area contributed by atoms with Crippen LogP contribution in [0, 0.1) is 6.92 Å². The lowest BCUT2D eigenvalue weighted by Gasteiger charge is -2.09. The SMILES string of the molecule is CCn1cc(NCc2c(C)nc3ccccn23)ccc1=O. The minimum Gasteiger partial charge on any atom is -0.378 e. The smallest absolute Gasteiger partial charge is 0.250 e. The molecule has 3 rings (SSSR count). The summed E-state index contributed by atoms with van der Waals surface area (Å²) in [6.45, 7) is 5.30. The zero-order valence-electron chi connectivity index (χ0n) is 12.2. The molecule has 5 heteroatoms. The molecule has 0 aliphatic rings. The van der Waals surface area contributed by atoms with E-state index in [1.807, 2.05) is 50.5 Å². The highest BCUT2D eigenvalue weighted by Crippen LogP contribution is 2.14. The Morgan fingerprint density at radius 1 is 1.24 bits per heavy atom. The van der Waals surface area contributed by atoms with Crippen LogP contribution in [0.1, 0.15) is 18.3 Å². The molecule has 0 aliphatic heterocycles. The summed E-state index contributed by atoms with van der Waals surface area (Å²) in [5.74, 6) is 0. The standard InChI is InChI=1S/C16H18N4O/c1-3-19-11-13(7-8-16(19)21)17-10-14-12(2)18-15-6-4-5-9-20(14)15/h4-9,11,17H,3,10H2,1-2H3. The van der Waals surface area contributed by atoms with E-state index in [1.54, 1.807) is 10.6 Å². The van der Waals surface area contributed by atoms with Crippen molar-refractivity contribution in [2.45, 2.75) is 26.9 Å². The highest BCUT2D eigenvalue weighted by molar-refractivity contribution is 5.45. The molecule has 0 atom stereocenters. The Morgan fingerprint density at radius 2 is 2.10 bits per heavy atom. The van der Waals surface area contributed by atoms with Crippen LogP contribution in [0.4, 0.5) is 5.69 Å². The van der Waals surface area contributed by atoms with Crippen LogP contribution in [-0.4, -0.2) is 14.0 Å². The molecular weight excluding hydrogens is 264 g/mol. The summed E-state index contributed by atoms with van der Waals surface area (Å²) in [6, 6.07) is 9.37. The number of imidazole rings is 1. The van der Waals surface area contributed by atoms with E-state index in [2.05, 4.69) is 14.7 Å². The molecule has 21 heavy (non-hydrogen) atoms. The predicted molar refractivity (Wildman–Crippen MR) is 83.6 cm³/mol. The van der Waals surface area contributed by atoms with Crippen LogP contribution < -0.4 is 10.9 Å². The van der Waals surface area contributed by atoms with Gasteiger partial charge in [-0.15, -0.1) is 0 Å². The van der Waals surface area contributed by atoms with Crippen LogP contribution >= 0.6 is 0 Å². The van der Waals surface area contributed by atoms with Crippen LogP contribution in [-0.2, 0) is 13.1 Å². The van der Waals surface area contributed by atoms with Gasteiger partial charge in [-0.3, -0.25) is 4.79 Å². The van der Waals surface area contributed by atoms with E-state index in [4.69, 9.17) is 0 Å². The molecule has 3 aromatic rings. The van der Waals surface area contributed by atoms with Crippen LogP contribution in [0.5, 0.6) is 0 Å². The first kappa shape index (κ1) is 13.4. The van der Waals surface area contributed by atoms with Gasteiger partial charge in [-0.2, -0.15) is 0 Å². The van der Waals surface area contributed by atoms with Crippen molar-refractivity contribution in [1.29, 1.82) is 0 Å². The highest BCUT2D eigenvalue weighted by Gasteiger charge is 2.07. The second-order valence-corrected chi connectivity index (χ2v) is 4.97. The number of anilines is 1. The van der Waals surface area contributed by atoms with Crippen LogP contribution in [0.25, 0.3) is 5.65 Å². The van der Waals surface area contributed by atoms with E-state index in [9.17, 15) is 4.79 Å². The third-order valence-electron chi connectivity index (χ3n) is 3.61. The maximum absolute atomic E-state index is 11.6. The van der Waals surface area contributed by atoms with E-state index in [1.165, 1.54) is 0 Å². The number of fused-ring (bicyclic) bond motifs is 1. The average Bonchev–Trinajstić information content (AvgIpc) is 2.82. The van der Waals surface area contributed by atoms with Gasteiger partial charge >= 0.3 is 0 Å². The Kier molecular flexibility index (Phi) is 3.48. The van der Waals surface area contributed by atoms with E-state index >= 15 is 0 Å². The lowest BCUT2D eigenvalue weighted by Crippen LogP contribution is -2.18. The molecule has 0 saturated carbocycles. The summed E-state index contributed by atoms with van der Waals surface area (Å²) < 4.78 is 3.77. The summed E-state index contributed by atoms with van der Waals surface area (Å²) in [7, 11) is 0. The Hall–Kier alpha value is -2.56. The van der Waals surface area contributed by atoms with Crippen molar-refractivity contribution in [3.63, 3.8) is 0 Å². The number of hydrogen-bond acceptors (Lipinski definition) is 3. The Labute approximate surface area is 122 Å². The zero-order valence-corrected chi connectivity index (χ0v) is 12.2. The van der Waals surface area contributed by atoms with Crippen molar-refractivity contribution >= 4 is 11.3 Å². The number of pyridine rings is 2. The van der Waals surface area contributed by atoms with E-state index in [-0.39, 0.29) is 5.56 Å². The number of rotatable bonds is 4. The summed E-state index contributed by atoms with van der Waals surface area (Å²) in [4.78, 5) is 16.1. The molecule has 5 nitrogen and oxygen atoms in total. The highest BCUT2D eigenvalue weighted by atomic mass is 16.1. The molecule has 0 amide bonds. The number of aryl methyl sites for hydroxylation is 2. The molecule has 0 aromatic carbocycles. The minimum atomic E-state index is 0.0223. The van der Waals surface area contributed by atoms with Crippen molar-refractivity contribution in [2.75, 3.05) is 5.32 Å². The fourth-order valence-corrected chi connectivity index (χ4v) is 2.45. The molecule has 0 unspecified atom stereocenters. The van der Waals surface area contributed by atoms with Crippen molar-refractivity contribution in [3.8, 4) is 0 Å². The maximum Gasteiger partial charge on any atom is 0.250 e. The molecule has 3 heterocycles. The third-order valence-corrected chi connectivity index (χ3v) is 3.61. The molecular formula is C16H18N4O. The molecule has 0 bridgehead atoms. The molecule has 0 radical (unpaired) electrons. The molecule has 1 N–H and O–H groups in total. The largest absolute Gasteiger partial charge is 0.378 e. The summed E-state index contributed by atoms with van der Waals surface area (Å²) >= 11 is 0. The first-order valence-corrected chi connectivity index (χ1v) is 7.06. The number of nitrogens with one attached hydrogen (secondary N) is 1. The topological polar surface area (TPSA) is 51.3 Å². The van der Waals surface area contributed by atoms with E-state index in [0.29, 0.717) is 13.1 Å². The van der Waals surface area contributed by atoms with E-state index in [0.717, 1.165) is 22.7 Å². The van der Waals surface area contributed by atoms with Gasteiger partial charge < -0.3 is 14.3 Å². The molecule has 0 aliphatic carbocycles. The normalized spacial score (nSPS) is 11.0. The average molecular weight is 282 g/mol. The molecule has 0 spiro atoms. The van der Waals surface area contributed by atoms with E-state index < -0.39 is 0 Å². The van der Waals surface area contributed by atoms with Gasteiger partial charge in [0.05, 0.1) is 23.6 Å². The Balaban J connectivity index is 1.87. The monoisotopic (exact) mass is 282 g/mol. The number of nitrogens with zero attached hydrogens (tertiary/aromatic N) is 3. The molecule has 0 saturated heterocycles. The zero-order chi connectivity index (χ0) is 14.8. The van der Waals surface area contributed by atoms with Crippen LogP contribution in [0.15, 0.2) is 47.5 Å². The van der Waals surface area contributed by atoms with Crippen molar-refractivity contribution in [1.82, 2.24) is 14.0 Å². The first-order chi connectivity index (χ1) is 10.2. The van der Waals surface area contributed by atoms with Gasteiger partial charge in [-0.1, -0.05) is 6.07 Å². The number of aromatic nitrogens is 3. The molecule has 108 valence electrons. The van der Waals surface area contributed by atoms with Gasteiger partial charge in [0.1, 0.15) is 5.65 Å². The van der Waals surface area contributed by atoms with Crippen molar-refractivity contribution in [3.05, 3.63) is 64.5 Å². The van der Waals surface area contributed by atoms with Crippen LogP contribution in [0.2, 0.25) is 0 Å². The summed E-state index contributed by atoms with van der Waals surface area (Å²) in [5.41, 5.74) is 4.04. The third kappa shape index (κ3) is 2.54. The van der Waals surface area contributed by atoms with Crippen molar-refractivity contribution in [2.24, 2.45) is 0 Å². The second-order valence-electron chi connectivity index (χ2n) is 4.97. The quantitative estimate of drug-likeness (QED) is 0.799. The lowest BCUT2D eigenvalue weighted by molar-refractivity contribution is 0.727. The fraction of sp³-hybridized carbons (Fsp3) is 0.250. The second kappa shape index (κ2) is 5.44. The Bertz CT molecular complexity index is 832. The fourth-order valence-electron chi connectivity index (χ4n) is 2.45. The van der Waals surface area contributed by atoms with Gasteiger partial charge in [-0.05, 0) is 32.0 Å². The summed E-state index contributed by atoms with van der Waals surface area (Å²) in [5, 5.41) is 3.36. The van der Waals surface area contributed by atoms with Crippen molar-refractivity contribution < 1.29 is 0 Å². The minimum absolute atomic E-state index is 0.0223. The lowest BCUT2D eigenvalue weighted by atomic mass is 10.3. The van der Waals surface area contributed by atoms with Gasteiger partial charge in [0.2, 0.25) is 0 Å². The molecule has 0 fully saturated rings. The first-order valence-electron chi connectivity index (χ1n) is 7.06. The molecule has 3 aromatic heterocycles. The number of hydrogen-bond donors (Lipinski definition) is 1. The maximum atomic E-state index is 11.6. The van der Waals surface area contributed by atoms with Crippen LogP contribution in [0.3, 0.4) is 0 Å². The predicted octanol–water partition coefficient (Wildman–Crippen LogP) is 2.44. The van der Waals surface area contributed by atoms with Gasteiger partial charge in [0, 0.05) is 25.0 Å². The summed E-state index contributed by atoms with van der Waals surface area (Å²) in [6.07, 6.45) is 3.86. The van der Waals surface area contributed by atoms with Gasteiger partial charge in [0.15, 0.2) is 0 Å². The van der Waals surface area contributed by atoms with Gasteiger partial charge in [0.25, 0.3) is 5.56 Å². The Morgan fingerprint density at radius 3 is 2.90 bits per heavy atom.